The molecule has 0 unspecified atom stereocenters. The molecule has 0 fully saturated rings. The summed E-state index contributed by atoms with van der Waals surface area (Å²) in [6.07, 6.45) is 0.845. The van der Waals surface area contributed by atoms with Crippen molar-refractivity contribution in [3.63, 3.8) is 0 Å². The number of aliphatic hydroxyl groups excluding tert-OH is 1. The lowest BCUT2D eigenvalue weighted by molar-refractivity contribution is -0.0426. The van der Waals surface area contributed by atoms with Gasteiger partial charge in [-0.25, -0.2) is 0 Å². The van der Waals surface area contributed by atoms with E-state index in [1.165, 1.54) is 18.2 Å². The molecule has 1 amide bonds. The van der Waals surface area contributed by atoms with E-state index in [9.17, 15) is 20.1 Å². The van der Waals surface area contributed by atoms with Gasteiger partial charge in [-0.3, -0.25) is 4.79 Å². The Kier molecular flexibility index (Phi) is 7.59. The van der Waals surface area contributed by atoms with Gasteiger partial charge in [-0.05, 0) is 62.2 Å². The highest BCUT2D eigenvalue weighted by molar-refractivity contribution is 5.97. The Morgan fingerprint density at radius 1 is 1.06 bits per heavy atom. The van der Waals surface area contributed by atoms with E-state index in [4.69, 9.17) is 4.74 Å². The van der Waals surface area contributed by atoms with Crippen LogP contribution in [-0.4, -0.2) is 38.9 Å². The van der Waals surface area contributed by atoms with Gasteiger partial charge in [-0.15, -0.1) is 0 Å². The van der Waals surface area contributed by atoms with Gasteiger partial charge in [0.1, 0.15) is 11.5 Å². The summed E-state index contributed by atoms with van der Waals surface area (Å²) in [7, 11) is 0. The number of ether oxygens (including phenoxy) is 1. The van der Waals surface area contributed by atoms with Crippen LogP contribution in [0.4, 0.5) is 0 Å². The smallest absolute Gasteiger partial charge is 0.255 e. The summed E-state index contributed by atoms with van der Waals surface area (Å²) in [6, 6.07) is 17.4. The molecule has 0 saturated carbocycles. The van der Waals surface area contributed by atoms with Crippen molar-refractivity contribution >= 4 is 16.8 Å². The number of H-pyrrole nitrogens is 1. The van der Waals surface area contributed by atoms with E-state index in [1.807, 2.05) is 38.2 Å². The molecule has 0 aliphatic heterocycles. The normalized spacial score (nSPS) is 10.9. The Bertz CT molecular complexity index is 1440. The van der Waals surface area contributed by atoms with Gasteiger partial charge >= 0.3 is 0 Å². The van der Waals surface area contributed by atoms with Gasteiger partial charge in [0.2, 0.25) is 0 Å². The van der Waals surface area contributed by atoms with E-state index < -0.39 is 6.29 Å². The van der Waals surface area contributed by atoms with Crippen molar-refractivity contribution < 1.29 is 24.9 Å². The number of para-hydroxylation sites is 1. The number of aromatic nitrogens is 1. The van der Waals surface area contributed by atoms with Crippen LogP contribution < -0.4 is 10.1 Å². The maximum absolute atomic E-state index is 13.1. The van der Waals surface area contributed by atoms with Crippen LogP contribution in [-0.2, 0) is 6.42 Å². The predicted molar refractivity (Wildman–Crippen MR) is 138 cm³/mol. The zero-order valence-electron chi connectivity index (χ0n) is 20.1. The Labute approximate surface area is 209 Å². The Morgan fingerprint density at radius 2 is 1.86 bits per heavy atom. The fourth-order valence-electron chi connectivity index (χ4n) is 3.84. The molecule has 36 heavy (non-hydrogen) atoms. The summed E-state index contributed by atoms with van der Waals surface area (Å²) < 4.78 is 5.85. The molecular weight excluding hydrogens is 456 g/mol. The van der Waals surface area contributed by atoms with Crippen LogP contribution in [0, 0.1) is 11.8 Å². The third kappa shape index (κ3) is 5.87. The van der Waals surface area contributed by atoms with E-state index in [0.29, 0.717) is 35.4 Å². The van der Waals surface area contributed by atoms with Gasteiger partial charge in [0, 0.05) is 34.8 Å². The van der Waals surface area contributed by atoms with E-state index in [1.54, 1.807) is 18.2 Å². The number of aromatic amines is 1. The monoisotopic (exact) mass is 484 g/mol. The first-order valence-electron chi connectivity index (χ1n) is 11.7. The molecule has 0 saturated heterocycles. The first-order chi connectivity index (χ1) is 17.3. The van der Waals surface area contributed by atoms with Crippen LogP contribution in [0.1, 0.15) is 52.7 Å². The second-order valence-electron chi connectivity index (χ2n) is 8.64. The lowest BCUT2D eigenvalue weighted by atomic mass is 10.1. The largest absolute Gasteiger partial charge is 0.507 e. The lowest BCUT2D eigenvalue weighted by Crippen LogP contribution is -2.26. The summed E-state index contributed by atoms with van der Waals surface area (Å²) in [4.78, 5) is 16.3. The SMILES string of the molecule is CC(C)Oc1ccc(C#Cc2ccc(C(O)O)cc2O)cc1C(=O)NCCc1c[nH]c2ccccc12. The minimum atomic E-state index is -1.68. The minimum Gasteiger partial charge on any atom is -0.507 e. The molecule has 7 heteroatoms. The molecule has 1 heterocycles. The van der Waals surface area contributed by atoms with Crippen molar-refractivity contribution in [1.29, 1.82) is 0 Å². The molecule has 0 aliphatic rings. The number of fused-ring (bicyclic) bond motifs is 1. The topological polar surface area (TPSA) is 115 Å². The van der Waals surface area contributed by atoms with Crippen LogP contribution in [0.5, 0.6) is 11.5 Å². The number of hydrogen-bond acceptors (Lipinski definition) is 5. The maximum Gasteiger partial charge on any atom is 0.255 e. The zero-order chi connectivity index (χ0) is 25.7. The fourth-order valence-corrected chi connectivity index (χ4v) is 3.84. The van der Waals surface area contributed by atoms with Crippen LogP contribution in [0.2, 0.25) is 0 Å². The number of carbonyl (C=O) groups excluding carboxylic acids is 1. The van der Waals surface area contributed by atoms with Crippen molar-refractivity contribution in [2.75, 3.05) is 6.54 Å². The number of rotatable bonds is 7. The summed E-state index contributed by atoms with van der Waals surface area (Å²) in [6.45, 7) is 4.24. The highest BCUT2D eigenvalue weighted by Crippen LogP contribution is 2.24. The van der Waals surface area contributed by atoms with Crippen LogP contribution >= 0.6 is 0 Å². The first-order valence-corrected chi connectivity index (χ1v) is 11.7. The molecule has 3 aromatic carbocycles. The van der Waals surface area contributed by atoms with E-state index in [2.05, 4.69) is 28.2 Å². The highest BCUT2D eigenvalue weighted by Gasteiger charge is 2.15. The second-order valence-corrected chi connectivity index (χ2v) is 8.64. The minimum absolute atomic E-state index is 0.114. The Hall–Kier alpha value is -4.25. The summed E-state index contributed by atoms with van der Waals surface area (Å²) in [5.74, 6) is 5.84. The summed E-state index contributed by atoms with van der Waals surface area (Å²) in [5, 5.41) is 32.7. The summed E-state index contributed by atoms with van der Waals surface area (Å²) >= 11 is 0. The van der Waals surface area contributed by atoms with Gasteiger partial charge < -0.3 is 30.4 Å². The number of benzene rings is 3. The average Bonchev–Trinajstić information content (AvgIpc) is 3.26. The second kappa shape index (κ2) is 11.0. The Morgan fingerprint density at radius 3 is 2.61 bits per heavy atom. The number of aromatic hydroxyl groups is 1. The molecule has 0 atom stereocenters. The fraction of sp³-hybridized carbons (Fsp3) is 0.207. The molecule has 0 bridgehead atoms. The number of nitrogens with one attached hydrogen (secondary N) is 2. The molecule has 7 nitrogen and oxygen atoms in total. The van der Waals surface area contributed by atoms with Crippen molar-refractivity contribution in [1.82, 2.24) is 10.3 Å². The van der Waals surface area contributed by atoms with Crippen LogP contribution in [0.25, 0.3) is 10.9 Å². The Balaban J connectivity index is 1.52. The van der Waals surface area contributed by atoms with Crippen LogP contribution in [0.15, 0.2) is 66.9 Å². The standard InChI is InChI=1S/C29H28N2O5/c1-18(2)36-27-12-8-19(7-9-20-10-11-21(29(34)35)16-26(20)32)15-24(27)28(33)30-14-13-22-17-31-25-6-4-3-5-23(22)25/h3-6,8,10-12,15-18,29,31-32,34-35H,13-14H2,1-2H3,(H,30,33). The highest BCUT2D eigenvalue weighted by atomic mass is 16.5. The molecule has 184 valence electrons. The molecular formula is C29H28N2O5. The number of phenols is 1. The van der Waals surface area contributed by atoms with E-state index in [0.717, 1.165) is 16.5 Å². The first kappa shape index (κ1) is 24.9. The molecule has 1 aromatic heterocycles. The molecule has 5 N–H and O–H groups in total. The molecule has 4 aromatic rings. The number of amides is 1. The molecule has 0 radical (unpaired) electrons. The quantitative estimate of drug-likeness (QED) is 0.201. The van der Waals surface area contributed by atoms with E-state index >= 15 is 0 Å². The zero-order valence-corrected chi connectivity index (χ0v) is 20.1. The van der Waals surface area contributed by atoms with Crippen molar-refractivity contribution in [2.45, 2.75) is 32.7 Å². The molecule has 0 aliphatic carbocycles. The van der Waals surface area contributed by atoms with Crippen molar-refractivity contribution in [2.24, 2.45) is 0 Å². The number of hydrogen-bond donors (Lipinski definition) is 5. The predicted octanol–water partition coefficient (Wildman–Crippen LogP) is 4.02. The van der Waals surface area contributed by atoms with Crippen LogP contribution in [0.3, 0.4) is 0 Å². The van der Waals surface area contributed by atoms with Gasteiger partial charge in [0.05, 0.1) is 17.2 Å². The molecule has 4 rings (SSSR count). The lowest BCUT2D eigenvalue weighted by Gasteiger charge is -2.14. The van der Waals surface area contributed by atoms with Gasteiger partial charge in [0.25, 0.3) is 5.91 Å². The van der Waals surface area contributed by atoms with Crippen molar-refractivity contribution in [3.05, 3.63) is 94.7 Å². The van der Waals surface area contributed by atoms with Gasteiger partial charge in [0.15, 0.2) is 6.29 Å². The molecule has 0 spiro atoms. The third-order valence-corrected chi connectivity index (χ3v) is 5.60. The number of aliphatic hydroxyl groups is 2. The third-order valence-electron chi connectivity index (χ3n) is 5.60. The van der Waals surface area contributed by atoms with Gasteiger partial charge in [-0.2, -0.15) is 0 Å². The average molecular weight is 485 g/mol. The van der Waals surface area contributed by atoms with Crippen molar-refractivity contribution in [3.8, 4) is 23.3 Å². The van der Waals surface area contributed by atoms with Gasteiger partial charge in [-0.1, -0.05) is 36.1 Å². The summed E-state index contributed by atoms with van der Waals surface area (Å²) in [5.41, 5.74) is 3.62. The maximum atomic E-state index is 13.1. The van der Waals surface area contributed by atoms with E-state index in [-0.39, 0.29) is 23.3 Å². The number of carbonyl (C=O) groups is 1. The number of phenolic OH excluding ortho intramolecular Hbond substituents is 1.